The Labute approximate surface area is 211 Å². The summed E-state index contributed by atoms with van der Waals surface area (Å²) in [6.07, 6.45) is 23.4. The Morgan fingerprint density at radius 2 is 1.15 bits per heavy atom. The second-order valence-corrected chi connectivity index (χ2v) is 10.1. The molecule has 0 spiro atoms. The van der Waals surface area contributed by atoms with Crippen LogP contribution in [0.1, 0.15) is 129 Å². The molecule has 2 aromatic carbocycles. The van der Waals surface area contributed by atoms with Gasteiger partial charge in [-0.25, -0.2) is 0 Å². The Hall–Kier alpha value is -1.54. The van der Waals surface area contributed by atoms with Crippen LogP contribution in [0.25, 0.3) is 10.8 Å². The highest BCUT2D eigenvalue weighted by Gasteiger charge is 2.08. The zero-order valence-corrected chi connectivity index (χ0v) is 22.5. The quantitative estimate of drug-likeness (QED) is 0.174. The van der Waals surface area contributed by atoms with Crippen LogP contribution in [-0.2, 0) is 6.54 Å². The lowest BCUT2D eigenvalue weighted by atomic mass is 10.0. The highest BCUT2D eigenvalue weighted by atomic mass is 16.5. The first kappa shape index (κ1) is 28.7. The Balaban J connectivity index is 1.55. The fourth-order valence-electron chi connectivity index (χ4n) is 4.83. The van der Waals surface area contributed by atoms with E-state index in [1.54, 1.807) is 0 Å². The molecule has 0 aliphatic rings. The first-order valence-corrected chi connectivity index (χ1v) is 14.7. The number of nitrogens with one attached hydrogen (secondary N) is 1. The summed E-state index contributed by atoms with van der Waals surface area (Å²) in [6, 6.07) is 13.1. The van der Waals surface area contributed by atoms with Gasteiger partial charge in [-0.2, -0.15) is 0 Å². The number of hydrogen-bond acceptors (Lipinski definition) is 2. The van der Waals surface area contributed by atoms with Gasteiger partial charge >= 0.3 is 0 Å². The van der Waals surface area contributed by atoms with Crippen molar-refractivity contribution in [2.24, 2.45) is 0 Å². The van der Waals surface area contributed by atoms with E-state index in [4.69, 9.17) is 4.74 Å². The molecule has 2 heteroatoms. The summed E-state index contributed by atoms with van der Waals surface area (Å²) in [6.45, 7) is 7.34. The fraction of sp³-hybridized carbons (Fsp3) is 0.688. The van der Waals surface area contributed by atoms with Crippen molar-refractivity contribution < 1.29 is 4.74 Å². The third kappa shape index (κ3) is 12.2. The summed E-state index contributed by atoms with van der Waals surface area (Å²) in [5.74, 6) is 1.06. The van der Waals surface area contributed by atoms with E-state index in [0.717, 1.165) is 31.9 Å². The van der Waals surface area contributed by atoms with Crippen molar-refractivity contribution in [2.45, 2.75) is 130 Å². The molecule has 0 fully saturated rings. The van der Waals surface area contributed by atoms with Crippen molar-refractivity contribution in [1.82, 2.24) is 5.32 Å². The second-order valence-electron chi connectivity index (χ2n) is 10.1. The van der Waals surface area contributed by atoms with Crippen molar-refractivity contribution >= 4 is 10.8 Å². The molecular weight excluding hydrogens is 414 g/mol. The Morgan fingerprint density at radius 3 is 1.79 bits per heavy atom. The normalized spacial score (nSPS) is 11.4. The average molecular weight is 468 g/mol. The van der Waals surface area contributed by atoms with Gasteiger partial charge in [0.25, 0.3) is 0 Å². The highest BCUT2D eigenvalue weighted by Crippen LogP contribution is 2.28. The molecule has 0 bridgehead atoms. The SMILES string of the molecule is CCCCCCCCCCCCCCCCNCc1c(OCCCCC)ccc2ccccc12. The molecule has 0 aromatic heterocycles. The van der Waals surface area contributed by atoms with Crippen LogP contribution in [-0.4, -0.2) is 13.2 Å². The molecule has 0 aliphatic heterocycles. The summed E-state index contributed by atoms with van der Waals surface area (Å²) >= 11 is 0. The van der Waals surface area contributed by atoms with Gasteiger partial charge in [0.2, 0.25) is 0 Å². The third-order valence-corrected chi connectivity index (χ3v) is 7.01. The van der Waals surface area contributed by atoms with Crippen molar-refractivity contribution in [2.75, 3.05) is 13.2 Å². The number of ether oxygens (including phenoxy) is 1. The minimum atomic E-state index is 0.818. The topological polar surface area (TPSA) is 21.3 Å². The largest absolute Gasteiger partial charge is 0.493 e. The van der Waals surface area contributed by atoms with Gasteiger partial charge in [0.1, 0.15) is 5.75 Å². The smallest absolute Gasteiger partial charge is 0.124 e. The molecule has 192 valence electrons. The van der Waals surface area contributed by atoms with Gasteiger partial charge in [0.15, 0.2) is 0 Å². The first-order valence-electron chi connectivity index (χ1n) is 14.7. The van der Waals surface area contributed by atoms with E-state index in [2.05, 4.69) is 55.6 Å². The minimum absolute atomic E-state index is 0.818. The van der Waals surface area contributed by atoms with E-state index in [9.17, 15) is 0 Å². The van der Waals surface area contributed by atoms with Gasteiger partial charge < -0.3 is 10.1 Å². The van der Waals surface area contributed by atoms with Gasteiger partial charge in [-0.15, -0.1) is 0 Å². The van der Waals surface area contributed by atoms with Gasteiger partial charge in [0.05, 0.1) is 6.61 Å². The van der Waals surface area contributed by atoms with Gasteiger partial charge in [-0.3, -0.25) is 0 Å². The zero-order valence-electron chi connectivity index (χ0n) is 22.5. The summed E-state index contributed by atoms with van der Waals surface area (Å²) < 4.78 is 6.19. The van der Waals surface area contributed by atoms with Crippen LogP contribution in [0.2, 0.25) is 0 Å². The maximum Gasteiger partial charge on any atom is 0.124 e. The van der Waals surface area contributed by atoms with E-state index in [-0.39, 0.29) is 0 Å². The Morgan fingerprint density at radius 1 is 0.588 bits per heavy atom. The van der Waals surface area contributed by atoms with Crippen LogP contribution >= 0.6 is 0 Å². The van der Waals surface area contributed by atoms with E-state index in [1.807, 2.05) is 0 Å². The third-order valence-electron chi connectivity index (χ3n) is 7.01. The number of fused-ring (bicyclic) bond motifs is 1. The number of benzene rings is 2. The predicted octanol–water partition coefficient (Wildman–Crippen LogP) is 9.98. The lowest BCUT2D eigenvalue weighted by molar-refractivity contribution is 0.303. The molecule has 0 atom stereocenters. The molecular formula is C32H53NO. The molecule has 0 heterocycles. The predicted molar refractivity (Wildman–Crippen MR) is 151 cm³/mol. The van der Waals surface area contributed by atoms with Crippen LogP contribution in [0.4, 0.5) is 0 Å². The van der Waals surface area contributed by atoms with E-state index in [0.29, 0.717) is 0 Å². The average Bonchev–Trinajstić information content (AvgIpc) is 2.87. The van der Waals surface area contributed by atoms with E-state index >= 15 is 0 Å². The molecule has 2 aromatic rings. The van der Waals surface area contributed by atoms with Crippen LogP contribution < -0.4 is 10.1 Å². The van der Waals surface area contributed by atoms with Gasteiger partial charge in [-0.05, 0) is 36.2 Å². The number of unbranched alkanes of at least 4 members (excludes halogenated alkanes) is 15. The molecule has 2 rings (SSSR count). The van der Waals surface area contributed by atoms with Crippen molar-refractivity contribution in [3.8, 4) is 5.75 Å². The summed E-state index contributed by atoms with van der Waals surface area (Å²) in [7, 11) is 0. The molecule has 2 nitrogen and oxygen atoms in total. The first-order chi connectivity index (χ1) is 16.9. The van der Waals surface area contributed by atoms with Crippen LogP contribution in [0.15, 0.2) is 36.4 Å². The summed E-state index contributed by atoms with van der Waals surface area (Å²) in [5, 5.41) is 6.32. The van der Waals surface area contributed by atoms with Crippen molar-refractivity contribution in [3.63, 3.8) is 0 Å². The molecule has 0 saturated heterocycles. The number of rotatable bonds is 22. The molecule has 0 saturated carbocycles. The fourth-order valence-corrected chi connectivity index (χ4v) is 4.83. The second kappa shape index (κ2) is 19.7. The lowest BCUT2D eigenvalue weighted by Gasteiger charge is -2.15. The maximum absolute atomic E-state index is 6.19. The van der Waals surface area contributed by atoms with Crippen LogP contribution in [0.3, 0.4) is 0 Å². The molecule has 34 heavy (non-hydrogen) atoms. The van der Waals surface area contributed by atoms with Crippen LogP contribution in [0, 0.1) is 0 Å². The zero-order chi connectivity index (χ0) is 24.1. The molecule has 0 radical (unpaired) electrons. The van der Waals surface area contributed by atoms with Gasteiger partial charge in [-0.1, -0.05) is 140 Å². The van der Waals surface area contributed by atoms with Gasteiger partial charge in [0, 0.05) is 12.1 Å². The number of hydrogen-bond donors (Lipinski definition) is 1. The lowest BCUT2D eigenvalue weighted by Crippen LogP contribution is -2.16. The molecule has 1 N–H and O–H groups in total. The molecule has 0 amide bonds. The van der Waals surface area contributed by atoms with Crippen molar-refractivity contribution in [1.29, 1.82) is 0 Å². The van der Waals surface area contributed by atoms with E-state index in [1.165, 1.54) is 119 Å². The summed E-state index contributed by atoms with van der Waals surface area (Å²) in [4.78, 5) is 0. The minimum Gasteiger partial charge on any atom is -0.493 e. The van der Waals surface area contributed by atoms with Crippen molar-refractivity contribution in [3.05, 3.63) is 42.0 Å². The highest BCUT2D eigenvalue weighted by molar-refractivity contribution is 5.87. The summed E-state index contributed by atoms with van der Waals surface area (Å²) in [5.41, 5.74) is 1.32. The molecule has 0 unspecified atom stereocenters. The Bertz CT molecular complexity index is 741. The Kier molecular flexibility index (Phi) is 16.7. The van der Waals surface area contributed by atoms with E-state index < -0.39 is 0 Å². The monoisotopic (exact) mass is 467 g/mol. The standard InChI is InChI=1S/C32H53NO/c1-3-5-7-8-9-10-11-12-13-14-15-16-17-20-26-33-28-31-30-23-19-18-22-29(30)24-25-32(31)34-27-21-6-4-2/h18-19,22-25,33H,3-17,20-21,26-28H2,1-2H3. The molecule has 0 aliphatic carbocycles. The van der Waals surface area contributed by atoms with Crippen LogP contribution in [0.5, 0.6) is 5.75 Å². The maximum atomic E-state index is 6.19.